The topological polar surface area (TPSA) is 95.5 Å². The van der Waals surface area contributed by atoms with Crippen molar-refractivity contribution in [1.29, 1.82) is 0 Å². The third-order valence-electron chi connectivity index (χ3n) is 5.03. The van der Waals surface area contributed by atoms with Crippen molar-refractivity contribution in [3.05, 3.63) is 83.4 Å². The first kappa shape index (κ1) is 25.3. The van der Waals surface area contributed by atoms with E-state index < -0.39 is 5.97 Å². The van der Waals surface area contributed by atoms with Gasteiger partial charge in [-0.05, 0) is 71.6 Å². The van der Waals surface area contributed by atoms with E-state index in [1.54, 1.807) is 42.5 Å². The van der Waals surface area contributed by atoms with Gasteiger partial charge < -0.3 is 18.9 Å². The summed E-state index contributed by atoms with van der Waals surface area (Å²) in [6.07, 6.45) is 1.48. The van der Waals surface area contributed by atoms with Crippen molar-refractivity contribution >= 4 is 18.1 Å². The van der Waals surface area contributed by atoms with Gasteiger partial charge in [-0.25, -0.2) is 10.2 Å². The van der Waals surface area contributed by atoms with Crippen LogP contribution in [0.1, 0.15) is 41.3 Å². The number of nitrogens with one attached hydrogen (secondary N) is 1. The smallest absolute Gasteiger partial charge is 0.343 e. The van der Waals surface area contributed by atoms with Crippen molar-refractivity contribution in [3.8, 4) is 23.0 Å². The van der Waals surface area contributed by atoms with Crippen LogP contribution < -0.4 is 24.4 Å². The van der Waals surface area contributed by atoms with Gasteiger partial charge in [0.15, 0.2) is 18.1 Å². The van der Waals surface area contributed by atoms with E-state index in [1.165, 1.54) is 26.0 Å². The Morgan fingerprint density at radius 3 is 2.17 bits per heavy atom. The zero-order chi connectivity index (χ0) is 25.2. The Morgan fingerprint density at radius 1 is 0.886 bits per heavy atom. The Hall–Kier alpha value is -4.33. The van der Waals surface area contributed by atoms with E-state index in [1.807, 2.05) is 24.3 Å². The van der Waals surface area contributed by atoms with Gasteiger partial charge in [-0.3, -0.25) is 4.79 Å². The standard InChI is InChI=1S/C27H28N2O6/c1-18(2)20-7-12-22(13-8-20)34-17-26(30)29-28-16-19-5-10-23(11-6-19)35-27(31)21-9-14-24(32-3)25(15-21)33-4/h5-16,18H,17H2,1-4H3,(H,29,30)/b28-16-. The maximum Gasteiger partial charge on any atom is 0.343 e. The maximum absolute atomic E-state index is 12.4. The quantitative estimate of drug-likeness (QED) is 0.199. The number of hydrazone groups is 1. The lowest BCUT2D eigenvalue weighted by Gasteiger charge is -2.09. The van der Waals surface area contributed by atoms with Crippen LogP contribution in [0.4, 0.5) is 0 Å². The van der Waals surface area contributed by atoms with E-state index in [2.05, 4.69) is 24.4 Å². The van der Waals surface area contributed by atoms with Crippen molar-refractivity contribution in [1.82, 2.24) is 5.43 Å². The second-order valence-corrected chi connectivity index (χ2v) is 7.83. The summed E-state index contributed by atoms with van der Waals surface area (Å²) in [5.74, 6) is 1.46. The predicted molar refractivity (Wildman–Crippen MR) is 133 cm³/mol. The Morgan fingerprint density at radius 2 is 1.54 bits per heavy atom. The van der Waals surface area contributed by atoms with Gasteiger partial charge in [0.1, 0.15) is 11.5 Å². The summed E-state index contributed by atoms with van der Waals surface area (Å²) in [5, 5.41) is 3.93. The van der Waals surface area contributed by atoms with Crippen molar-refractivity contribution in [2.75, 3.05) is 20.8 Å². The third kappa shape index (κ3) is 7.33. The molecule has 1 N–H and O–H groups in total. The minimum absolute atomic E-state index is 0.149. The highest BCUT2D eigenvalue weighted by Crippen LogP contribution is 2.28. The number of rotatable bonds is 10. The van der Waals surface area contributed by atoms with Gasteiger partial charge >= 0.3 is 5.97 Å². The van der Waals surface area contributed by atoms with Gasteiger partial charge in [0, 0.05) is 0 Å². The summed E-state index contributed by atoms with van der Waals surface area (Å²) in [7, 11) is 3.01. The molecular formula is C27H28N2O6. The second-order valence-electron chi connectivity index (χ2n) is 7.83. The summed E-state index contributed by atoms with van der Waals surface area (Å²) < 4.78 is 21.3. The highest BCUT2D eigenvalue weighted by Gasteiger charge is 2.13. The van der Waals surface area contributed by atoms with E-state index in [9.17, 15) is 9.59 Å². The number of methoxy groups -OCH3 is 2. The number of nitrogens with zero attached hydrogens (tertiary/aromatic N) is 1. The molecule has 1 amide bonds. The Bertz CT molecular complexity index is 1170. The lowest BCUT2D eigenvalue weighted by molar-refractivity contribution is -0.123. The highest BCUT2D eigenvalue weighted by atomic mass is 16.5. The summed E-state index contributed by atoms with van der Waals surface area (Å²) in [4.78, 5) is 24.4. The first-order valence-corrected chi connectivity index (χ1v) is 11.0. The highest BCUT2D eigenvalue weighted by molar-refractivity contribution is 5.92. The van der Waals surface area contributed by atoms with Crippen molar-refractivity contribution in [3.63, 3.8) is 0 Å². The van der Waals surface area contributed by atoms with Crippen LogP contribution in [0.3, 0.4) is 0 Å². The molecule has 0 bridgehead atoms. The molecule has 0 aliphatic rings. The van der Waals surface area contributed by atoms with Gasteiger partial charge in [-0.1, -0.05) is 26.0 Å². The van der Waals surface area contributed by atoms with Crippen LogP contribution >= 0.6 is 0 Å². The average molecular weight is 477 g/mol. The van der Waals surface area contributed by atoms with Crippen LogP contribution in [0.5, 0.6) is 23.0 Å². The van der Waals surface area contributed by atoms with E-state index >= 15 is 0 Å². The van der Waals surface area contributed by atoms with E-state index in [0.717, 1.165) is 0 Å². The average Bonchev–Trinajstić information content (AvgIpc) is 2.88. The lowest BCUT2D eigenvalue weighted by atomic mass is 10.0. The van der Waals surface area contributed by atoms with Crippen molar-refractivity contribution in [2.45, 2.75) is 19.8 Å². The van der Waals surface area contributed by atoms with Crippen LogP contribution in [0.2, 0.25) is 0 Å². The molecule has 0 atom stereocenters. The van der Waals surface area contributed by atoms with Crippen LogP contribution in [0, 0.1) is 0 Å². The van der Waals surface area contributed by atoms with Gasteiger partial charge in [0.25, 0.3) is 5.91 Å². The third-order valence-corrected chi connectivity index (χ3v) is 5.03. The lowest BCUT2D eigenvalue weighted by Crippen LogP contribution is -2.24. The maximum atomic E-state index is 12.4. The number of esters is 1. The minimum Gasteiger partial charge on any atom is -0.493 e. The Balaban J connectivity index is 1.47. The number of benzene rings is 3. The first-order chi connectivity index (χ1) is 16.9. The van der Waals surface area contributed by atoms with Crippen LogP contribution in [0.25, 0.3) is 0 Å². The molecule has 35 heavy (non-hydrogen) atoms. The molecule has 8 heteroatoms. The first-order valence-electron chi connectivity index (χ1n) is 11.0. The van der Waals surface area contributed by atoms with E-state index in [0.29, 0.717) is 40.0 Å². The zero-order valence-electron chi connectivity index (χ0n) is 20.1. The number of carbonyl (C=O) groups is 2. The SMILES string of the molecule is COc1ccc(C(=O)Oc2ccc(/C=N\NC(=O)COc3ccc(C(C)C)cc3)cc2)cc1OC. The number of amides is 1. The molecule has 0 aromatic heterocycles. The summed E-state index contributed by atoms with van der Waals surface area (Å²) in [6.45, 7) is 4.08. The molecule has 0 radical (unpaired) electrons. The molecule has 0 heterocycles. The normalized spacial score (nSPS) is 10.8. The number of hydrogen-bond donors (Lipinski definition) is 1. The molecule has 3 aromatic carbocycles. The molecule has 0 saturated carbocycles. The van der Waals surface area contributed by atoms with Gasteiger partial charge in [0.05, 0.1) is 26.0 Å². The number of hydrogen-bond acceptors (Lipinski definition) is 7. The molecule has 8 nitrogen and oxygen atoms in total. The fourth-order valence-corrected chi connectivity index (χ4v) is 3.06. The fraction of sp³-hybridized carbons (Fsp3) is 0.222. The predicted octanol–water partition coefficient (Wildman–Crippen LogP) is 4.58. The molecule has 0 fully saturated rings. The molecule has 0 unspecified atom stereocenters. The molecule has 0 spiro atoms. The van der Waals surface area contributed by atoms with Gasteiger partial charge in [-0.2, -0.15) is 5.10 Å². The van der Waals surface area contributed by atoms with Crippen LogP contribution in [0.15, 0.2) is 71.8 Å². The van der Waals surface area contributed by atoms with Gasteiger partial charge in [0.2, 0.25) is 0 Å². The van der Waals surface area contributed by atoms with Crippen molar-refractivity contribution in [2.24, 2.45) is 5.10 Å². The molecule has 3 aromatic rings. The van der Waals surface area contributed by atoms with E-state index in [4.69, 9.17) is 18.9 Å². The fourth-order valence-electron chi connectivity index (χ4n) is 3.06. The minimum atomic E-state index is -0.529. The number of ether oxygens (including phenoxy) is 4. The largest absolute Gasteiger partial charge is 0.493 e. The summed E-state index contributed by atoms with van der Waals surface area (Å²) >= 11 is 0. The van der Waals surface area contributed by atoms with Crippen molar-refractivity contribution < 1.29 is 28.5 Å². The molecule has 0 aliphatic carbocycles. The summed E-state index contributed by atoms with van der Waals surface area (Å²) in [5.41, 5.74) is 4.66. The molecule has 3 rings (SSSR count). The molecule has 0 aliphatic heterocycles. The molecular weight excluding hydrogens is 448 g/mol. The molecule has 0 saturated heterocycles. The number of carbonyl (C=O) groups excluding carboxylic acids is 2. The second kappa shape index (κ2) is 12.2. The van der Waals surface area contributed by atoms with Crippen LogP contribution in [-0.4, -0.2) is 38.9 Å². The Labute approximate surface area is 204 Å². The molecule has 182 valence electrons. The van der Waals surface area contributed by atoms with Gasteiger partial charge in [-0.15, -0.1) is 0 Å². The zero-order valence-corrected chi connectivity index (χ0v) is 20.1. The Kier molecular flexibility index (Phi) is 8.83. The van der Waals surface area contributed by atoms with E-state index in [-0.39, 0.29) is 12.5 Å². The van der Waals surface area contributed by atoms with Crippen LogP contribution in [-0.2, 0) is 4.79 Å². The summed E-state index contributed by atoms with van der Waals surface area (Å²) in [6, 6.07) is 19.1. The monoisotopic (exact) mass is 476 g/mol.